The van der Waals surface area contributed by atoms with E-state index in [9.17, 15) is 0 Å². The zero-order valence-electron chi connectivity index (χ0n) is 14.4. The second-order valence-electron chi connectivity index (χ2n) is 6.32. The second-order valence-corrected chi connectivity index (χ2v) is 7.10. The van der Waals surface area contributed by atoms with Gasteiger partial charge in [-0.1, -0.05) is 25.1 Å². The third-order valence-corrected chi connectivity index (χ3v) is 5.26. The van der Waals surface area contributed by atoms with Gasteiger partial charge in [-0.25, -0.2) is 0 Å². The summed E-state index contributed by atoms with van der Waals surface area (Å²) in [6.07, 6.45) is 1.13. The summed E-state index contributed by atoms with van der Waals surface area (Å²) in [6, 6.07) is 13.3. The van der Waals surface area contributed by atoms with Crippen LogP contribution in [0.25, 0.3) is 0 Å². The second kappa shape index (κ2) is 8.20. The zero-order chi connectivity index (χ0) is 16.8. The molecule has 1 aliphatic heterocycles. The van der Waals surface area contributed by atoms with Gasteiger partial charge in [0.05, 0.1) is 0 Å². The molecule has 5 heteroatoms. The first kappa shape index (κ1) is 16.8. The molecule has 3 rings (SSSR count). The molecule has 1 fully saturated rings. The molecule has 1 aromatic heterocycles. The molecular weight excluding hydrogens is 316 g/mol. The van der Waals surface area contributed by atoms with Crippen LogP contribution in [-0.4, -0.2) is 38.7 Å². The SMILES string of the molecule is CN=C(NCC(C)c1ccsc1)NC1CCN(c2ccccc2)C1. The average Bonchev–Trinajstić information content (AvgIpc) is 3.31. The summed E-state index contributed by atoms with van der Waals surface area (Å²) in [5, 5.41) is 11.4. The van der Waals surface area contributed by atoms with Crippen molar-refractivity contribution in [1.82, 2.24) is 10.6 Å². The van der Waals surface area contributed by atoms with Gasteiger partial charge in [-0.05, 0) is 46.9 Å². The van der Waals surface area contributed by atoms with E-state index in [1.165, 1.54) is 11.3 Å². The van der Waals surface area contributed by atoms with Crippen molar-refractivity contribution in [1.29, 1.82) is 0 Å². The fraction of sp³-hybridized carbons (Fsp3) is 0.421. The van der Waals surface area contributed by atoms with E-state index < -0.39 is 0 Å². The summed E-state index contributed by atoms with van der Waals surface area (Å²) < 4.78 is 0. The molecule has 2 heterocycles. The quantitative estimate of drug-likeness (QED) is 0.647. The number of aliphatic imine (C=N–C) groups is 1. The van der Waals surface area contributed by atoms with Gasteiger partial charge in [0.15, 0.2) is 5.96 Å². The van der Waals surface area contributed by atoms with Gasteiger partial charge in [0.1, 0.15) is 0 Å². The molecule has 1 saturated heterocycles. The van der Waals surface area contributed by atoms with Crippen LogP contribution in [0, 0.1) is 0 Å². The summed E-state index contributed by atoms with van der Waals surface area (Å²) in [4.78, 5) is 6.81. The van der Waals surface area contributed by atoms with Gasteiger partial charge in [0, 0.05) is 38.4 Å². The highest BCUT2D eigenvalue weighted by Gasteiger charge is 2.23. The minimum Gasteiger partial charge on any atom is -0.369 e. The van der Waals surface area contributed by atoms with E-state index in [1.807, 2.05) is 7.05 Å². The van der Waals surface area contributed by atoms with E-state index in [4.69, 9.17) is 0 Å². The van der Waals surface area contributed by atoms with Crippen molar-refractivity contribution in [2.24, 2.45) is 4.99 Å². The lowest BCUT2D eigenvalue weighted by Crippen LogP contribution is -2.45. The van der Waals surface area contributed by atoms with Crippen molar-refractivity contribution in [2.75, 3.05) is 31.6 Å². The summed E-state index contributed by atoms with van der Waals surface area (Å²) in [5.41, 5.74) is 2.69. The van der Waals surface area contributed by atoms with E-state index in [0.717, 1.165) is 32.0 Å². The molecule has 2 N–H and O–H groups in total. The largest absolute Gasteiger partial charge is 0.369 e. The Balaban J connectivity index is 1.48. The maximum Gasteiger partial charge on any atom is 0.191 e. The molecule has 2 aromatic rings. The van der Waals surface area contributed by atoms with Gasteiger partial charge in [-0.2, -0.15) is 11.3 Å². The van der Waals surface area contributed by atoms with Crippen molar-refractivity contribution in [3.63, 3.8) is 0 Å². The van der Waals surface area contributed by atoms with Crippen LogP contribution in [-0.2, 0) is 0 Å². The number of hydrogen-bond donors (Lipinski definition) is 2. The van der Waals surface area contributed by atoms with Crippen molar-refractivity contribution >= 4 is 23.0 Å². The van der Waals surface area contributed by atoms with Crippen LogP contribution in [0.3, 0.4) is 0 Å². The Morgan fingerprint density at radius 1 is 1.33 bits per heavy atom. The number of rotatable bonds is 5. The number of anilines is 1. The van der Waals surface area contributed by atoms with Gasteiger partial charge in [-0.3, -0.25) is 4.99 Å². The van der Waals surface area contributed by atoms with E-state index in [-0.39, 0.29) is 0 Å². The third kappa shape index (κ3) is 4.29. The molecule has 4 nitrogen and oxygen atoms in total. The lowest BCUT2D eigenvalue weighted by Gasteiger charge is -2.21. The molecule has 0 bridgehead atoms. The van der Waals surface area contributed by atoms with E-state index in [2.05, 4.69) is 74.6 Å². The Bertz CT molecular complexity index is 639. The maximum atomic E-state index is 4.38. The van der Waals surface area contributed by atoms with E-state index in [0.29, 0.717) is 12.0 Å². The van der Waals surface area contributed by atoms with Crippen molar-refractivity contribution in [3.05, 3.63) is 52.7 Å². The molecular formula is C19H26N4S. The van der Waals surface area contributed by atoms with Gasteiger partial charge in [0.2, 0.25) is 0 Å². The molecule has 1 aromatic carbocycles. The topological polar surface area (TPSA) is 39.7 Å². The number of para-hydroxylation sites is 1. The average molecular weight is 343 g/mol. The predicted octanol–water partition coefficient (Wildman–Crippen LogP) is 3.30. The highest BCUT2D eigenvalue weighted by Crippen LogP contribution is 2.20. The smallest absolute Gasteiger partial charge is 0.191 e. The van der Waals surface area contributed by atoms with Crippen LogP contribution in [0.2, 0.25) is 0 Å². The van der Waals surface area contributed by atoms with Crippen LogP contribution < -0.4 is 15.5 Å². The lowest BCUT2D eigenvalue weighted by atomic mass is 10.1. The standard InChI is InChI=1S/C19H26N4S/c1-15(16-9-11-24-14-16)12-21-19(20-2)22-17-8-10-23(13-17)18-6-4-3-5-7-18/h3-7,9,11,14-15,17H,8,10,12-13H2,1-2H3,(H2,20,21,22). The first-order chi connectivity index (χ1) is 11.8. The third-order valence-electron chi connectivity index (χ3n) is 4.56. The fourth-order valence-electron chi connectivity index (χ4n) is 3.06. The Morgan fingerprint density at radius 3 is 2.88 bits per heavy atom. The first-order valence-corrected chi connectivity index (χ1v) is 9.50. The van der Waals surface area contributed by atoms with Crippen LogP contribution >= 0.6 is 11.3 Å². The molecule has 128 valence electrons. The minimum absolute atomic E-state index is 0.438. The van der Waals surface area contributed by atoms with E-state index in [1.54, 1.807) is 11.3 Å². The number of nitrogens with zero attached hydrogens (tertiary/aromatic N) is 2. The van der Waals surface area contributed by atoms with Gasteiger partial charge < -0.3 is 15.5 Å². The molecule has 0 saturated carbocycles. The summed E-state index contributed by atoms with van der Waals surface area (Å²) in [5.74, 6) is 1.39. The minimum atomic E-state index is 0.438. The molecule has 1 aliphatic rings. The summed E-state index contributed by atoms with van der Waals surface area (Å²) >= 11 is 1.75. The Labute approximate surface area is 148 Å². The van der Waals surface area contributed by atoms with Crippen LogP contribution in [0.1, 0.15) is 24.8 Å². The van der Waals surface area contributed by atoms with Crippen molar-refractivity contribution in [3.8, 4) is 0 Å². The molecule has 0 amide bonds. The monoisotopic (exact) mass is 342 g/mol. The number of hydrogen-bond acceptors (Lipinski definition) is 3. The molecule has 0 aliphatic carbocycles. The Kier molecular flexibility index (Phi) is 5.75. The van der Waals surface area contributed by atoms with Crippen molar-refractivity contribution < 1.29 is 0 Å². The van der Waals surface area contributed by atoms with Crippen LogP contribution in [0.15, 0.2) is 52.2 Å². The molecule has 0 spiro atoms. The van der Waals surface area contributed by atoms with Crippen molar-refractivity contribution in [2.45, 2.75) is 25.3 Å². The highest BCUT2D eigenvalue weighted by atomic mass is 32.1. The van der Waals surface area contributed by atoms with Gasteiger partial charge in [-0.15, -0.1) is 0 Å². The predicted molar refractivity (Wildman–Crippen MR) is 104 cm³/mol. The highest BCUT2D eigenvalue weighted by molar-refractivity contribution is 7.07. The number of nitrogens with one attached hydrogen (secondary N) is 2. The molecule has 2 atom stereocenters. The molecule has 2 unspecified atom stereocenters. The van der Waals surface area contributed by atoms with Gasteiger partial charge >= 0.3 is 0 Å². The summed E-state index contributed by atoms with van der Waals surface area (Å²) in [7, 11) is 1.84. The maximum absolute atomic E-state index is 4.38. The van der Waals surface area contributed by atoms with Crippen LogP contribution in [0.5, 0.6) is 0 Å². The summed E-state index contributed by atoms with van der Waals surface area (Å²) in [6.45, 7) is 5.25. The number of thiophene rings is 1. The normalized spacial score (nSPS) is 19.3. The fourth-order valence-corrected chi connectivity index (χ4v) is 3.84. The lowest BCUT2D eigenvalue weighted by molar-refractivity contribution is 0.634. The Hall–Kier alpha value is -2.01. The Morgan fingerprint density at radius 2 is 2.17 bits per heavy atom. The molecule has 24 heavy (non-hydrogen) atoms. The molecule has 0 radical (unpaired) electrons. The zero-order valence-corrected chi connectivity index (χ0v) is 15.2. The van der Waals surface area contributed by atoms with E-state index >= 15 is 0 Å². The first-order valence-electron chi connectivity index (χ1n) is 8.55. The van der Waals surface area contributed by atoms with Gasteiger partial charge in [0.25, 0.3) is 0 Å². The number of benzene rings is 1. The number of guanidine groups is 1. The van der Waals surface area contributed by atoms with Crippen LogP contribution in [0.4, 0.5) is 5.69 Å².